The highest BCUT2D eigenvalue weighted by atomic mass is 16.3. The molecule has 0 unspecified atom stereocenters. The molecule has 0 spiro atoms. The fourth-order valence-electron chi connectivity index (χ4n) is 5.63. The van der Waals surface area contributed by atoms with Crippen molar-refractivity contribution >= 4 is 21.9 Å². The van der Waals surface area contributed by atoms with Crippen molar-refractivity contribution in [3.05, 3.63) is 152 Å². The van der Waals surface area contributed by atoms with Crippen LogP contribution in [0.25, 0.3) is 78.4 Å². The lowest BCUT2D eigenvalue weighted by Gasteiger charge is -2.10. The third kappa shape index (κ3) is 4.65. The van der Waals surface area contributed by atoms with Gasteiger partial charge in [-0.2, -0.15) is 0 Å². The van der Waals surface area contributed by atoms with Crippen LogP contribution in [0.4, 0.5) is 0 Å². The Kier molecular flexibility index (Phi) is 6.08. The molecule has 0 aliphatic heterocycles. The molecule has 0 aliphatic carbocycles. The average molecular weight is 552 g/mol. The van der Waals surface area contributed by atoms with Crippen LogP contribution in [-0.2, 0) is 0 Å². The molecule has 0 saturated heterocycles. The van der Waals surface area contributed by atoms with Crippen LogP contribution in [-0.4, -0.2) is 15.0 Å². The third-order valence-electron chi connectivity index (χ3n) is 7.75. The van der Waals surface area contributed by atoms with Crippen molar-refractivity contribution in [2.24, 2.45) is 0 Å². The summed E-state index contributed by atoms with van der Waals surface area (Å²) in [5.41, 5.74) is 9.10. The van der Waals surface area contributed by atoms with Crippen LogP contribution >= 0.6 is 0 Å². The number of nitrogens with zero attached hydrogens (tertiary/aromatic N) is 3. The summed E-state index contributed by atoms with van der Waals surface area (Å²) in [5.74, 6) is 1.91. The lowest BCUT2D eigenvalue weighted by molar-refractivity contribution is 0.669. The van der Waals surface area contributed by atoms with E-state index in [1.165, 1.54) is 0 Å². The number of furan rings is 1. The molecule has 8 aromatic rings. The zero-order valence-corrected chi connectivity index (χ0v) is 23.2. The van der Waals surface area contributed by atoms with Crippen LogP contribution in [0, 0.1) is 0 Å². The van der Waals surface area contributed by atoms with Gasteiger partial charge in [0.2, 0.25) is 0 Å². The molecule has 0 amide bonds. The summed E-state index contributed by atoms with van der Waals surface area (Å²) in [6, 6.07) is 51.6. The Morgan fingerprint density at radius 3 is 1.60 bits per heavy atom. The van der Waals surface area contributed by atoms with E-state index in [0.717, 1.165) is 60.9 Å². The van der Waals surface area contributed by atoms with Gasteiger partial charge < -0.3 is 4.42 Å². The minimum absolute atomic E-state index is 0.632. The first-order valence-electron chi connectivity index (χ1n) is 14.3. The topological polar surface area (TPSA) is 51.8 Å². The summed E-state index contributed by atoms with van der Waals surface area (Å²) < 4.78 is 6.13. The van der Waals surface area contributed by atoms with Crippen LogP contribution < -0.4 is 0 Å². The molecule has 0 bridgehead atoms. The molecule has 0 N–H and O–H groups in total. The summed E-state index contributed by atoms with van der Waals surface area (Å²) in [6.07, 6.45) is 0. The van der Waals surface area contributed by atoms with Crippen molar-refractivity contribution in [1.82, 2.24) is 15.0 Å². The Balaban J connectivity index is 1.23. The zero-order chi connectivity index (χ0) is 28.6. The summed E-state index contributed by atoms with van der Waals surface area (Å²) in [7, 11) is 0. The number of para-hydroxylation sites is 1. The van der Waals surface area contributed by atoms with Crippen LogP contribution in [0.15, 0.2) is 156 Å². The fraction of sp³-hybridized carbons (Fsp3) is 0. The highest BCUT2D eigenvalue weighted by molar-refractivity contribution is 6.12. The van der Waals surface area contributed by atoms with E-state index in [-0.39, 0.29) is 0 Å². The second kappa shape index (κ2) is 10.5. The molecule has 0 saturated carbocycles. The van der Waals surface area contributed by atoms with E-state index in [2.05, 4.69) is 91.0 Å². The van der Waals surface area contributed by atoms with Crippen LogP contribution in [0.3, 0.4) is 0 Å². The molecule has 43 heavy (non-hydrogen) atoms. The number of rotatable bonds is 5. The van der Waals surface area contributed by atoms with Gasteiger partial charge >= 0.3 is 0 Å². The maximum absolute atomic E-state index is 6.13. The summed E-state index contributed by atoms with van der Waals surface area (Å²) >= 11 is 0. The molecule has 2 heterocycles. The third-order valence-corrected chi connectivity index (χ3v) is 7.75. The quantitative estimate of drug-likeness (QED) is 0.214. The number of aromatic nitrogens is 3. The molecule has 4 heteroatoms. The predicted molar refractivity (Wildman–Crippen MR) is 174 cm³/mol. The molecule has 0 aliphatic rings. The SMILES string of the molecule is c1ccc(-c2cccc(-c3nc(-c4ccccc4)nc(-c4ccc(-c5cccc6oc7ccccc7c56)cc4)n3)c2)cc1. The van der Waals surface area contributed by atoms with Gasteiger partial charge in [-0.15, -0.1) is 0 Å². The average Bonchev–Trinajstić information content (AvgIpc) is 3.48. The number of hydrogen-bond acceptors (Lipinski definition) is 4. The molecular formula is C39H25N3O. The molecule has 202 valence electrons. The van der Waals surface area contributed by atoms with Crippen molar-refractivity contribution in [2.75, 3.05) is 0 Å². The monoisotopic (exact) mass is 551 g/mol. The van der Waals surface area contributed by atoms with E-state index in [9.17, 15) is 0 Å². The molecule has 0 atom stereocenters. The Morgan fingerprint density at radius 1 is 0.349 bits per heavy atom. The van der Waals surface area contributed by atoms with Crippen LogP contribution in [0.2, 0.25) is 0 Å². The zero-order valence-electron chi connectivity index (χ0n) is 23.2. The van der Waals surface area contributed by atoms with Gasteiger partial charge in [-0.3, -0.25) is 0 Å². The largest absolute Gasteiger partial charge is 0.456 e. The van der Waals surface area contributed by atoms with Gasteiger partial charge in [0.15, 0.2) is 17.5 Å². The normalized spacial score (nSPS) is 11.3. The lowest BCUT2D eigenvalue weighted by Crippen LogP contribution is -2.00. The lowest BCUT2D eigenvalue weighted by atomic mass is 9.98. The Labute approximate surface area is 249 Å². The van der Waals surface area contributed by atoms with Gasteiger partial charge in [0, 0.05) is 27.5 Å². The Hall–Kier alpha value is -5.87. The van der Waals surface area contributed by atoms with Crippen molar-refractivity contribution in [3.8, 4) is 56.4 Å². The second-order valence-electron chi connectivity index (χ2n) is 10.5. The number of benzene rings is 6. The summed E-state index contributed by atoms with van der Waals surface area (Å²) in [5, 5.41) is 2.24. The van der Waals surface area contributed by atoms with E-state index in [1.807, 2.05) is 60.7 Å². The summed E-state index contributed by atoms with van der Waals surface area (Å²) in [4.78, 5) is 14.8. The van der Waals surface area contributed by atoms with Gasteiger partial charge in [0.05, 0.1) is 0 Å². The highest BCUT2D eigenvalue weighted by Crippen LogP contribution is 2.37. The van der Waals surface area contributed by atoms with Crippen molar-refractivity contribution in [3.63, 3.8) is 0 Å². The first-order chi connectivity index (χ1) is 21.3. The standard InChI is InChI=1S/C39H25N3O/c1-3-11-26(12-4-1)30-15-9-16-31(25-30)39-41-37(28-13-5-2-6-14-28)40-38(42-39)29-23-21-27(22-24-29)32-18-10-20-35-36(32)33-17-7-8-19-34(33)43-35/h1-25H. The number of fused-ring (bicyclic) bond motifs is 3. The fourth-order valence-corrected chi connectivity index (χ4v) is 5.63. The van der Waals surface area contributed by atoms with E-state index in [4.69, 9.17) is 19.4 Å². The maximum atomic E-state index is 6.13. The molecular weight excluding hydrogens is 526 g/mol. The molecule has 0 radical (unpaired) electrons. The van der Waals surface area contributed by atoms with Crippen LogP contribution in [0.5, 0.6) is 0 Å². The molecule has 8 rings (SSSR count). The van der Waals surface area contributed by atoms with E-state index in [1.54, 1.807) is 0 Å². The Morgan fingerprint density at radius 2 is 0.860 bits per heavy atom. The second-order valence-corrected chi connectivity index (χ2v) is 10.5. The maximum Gasteiger partial charge on any atom is 0.164 e. The Bertz CT molecular complexity index is 2220. The van der Waals surface area contributed by atoms with Gasteiger partial charge in [-0.1, -0.05) is 133 Å². The first-order valence-corrected chi connectivity index (χ1v) is 14.3. The number of hydrogen-bond donors (Lipinski definition) is 0. The van der Waals surface area contributed by atoms with Gasteiger partial charge in [-0.05, 0) is 40.5 Å². The van der Waals surface area contributed by atoms with E-state index in [0.29, 0.717) is 17.5 Å². The van der Waals surface area contributed by atoms with Gasteiger partial charge in [-0.25, -0.2) is 15.0 Å². The van der Waals surface area contributed by atoms with Crippen molar-refractivity contribution in [1.29, 1.82) is 0 Å². The van der Waals surface area contributed by atoms with Gasteiger partial charge in [0.1, 0.15) is 11.2 Å². The summed E-state index contributed by atoms with van der Waals surface area (Å²) in [6.45, 7) is 0. The van der Waals surface area contributed by atoms with Gasteiger partial charge in [0.25, 0.3) is 0 Å². The van der Waals surface area contributed by atoms with E-state index >= 15 is 0 Å². The minimum Gasteiger partial charge on any atom is -0.456 e. The molecule has 2 aromatic heterocycles. The molecule has 4 nitrogen and oxygen atoms in total. The predicted octanol–water partition coefficient (Wildman–Crippen LogP) is 10.1. The van der Waals surface area contributed by atoms with Crippen molar-refractivity contribution in [2.45, 2.75) is 0 Å². The minimum atomic E-state index is 0.632. The molecule has 6 aromatic carbocycles. The molecule has 0 fully saturated rings. The smallest absolute Gasteiger partial charge is 0.164 e. The van der Waals surface area contributed by atoms with Crippen LogP contribution in [0.1, 0.15) is 0 Å². The first kappa shape index (κ1) is 24.9. The highest BCUT2D eigenvalue weighted by Gasteiger charge is 2.15. The van der Waals surface area contributed by atoms with E-state index < -0.39 is 0 Å². The van der Waals surface area contributed by atoms with Crippen molar-refractivity contribution < 1.29 is 4.42 Å².